The predicted octanol–water partition coefficient (Wildman–Crippen LogP) is 4.64. The summed E-state index contributed by atoms with van der Waals surface area (Å²) in [5.74, 6) is -0.703. The lowest BCUT2D eigenvalue weighted by Crippen LogP contribution is -2.30. The van der Waals surface area contributed by atoms with E-state index in [4.69, 9.17) is 28.5 Å². The molecule has 0 aliphatic carbocycles. The van der Waals surface area contributed by atoms with E-state index in [9.17, 15) is 18.0 Å². The number of nitrogens with zero attached hydrogens (tertiary/aromatic N) is 1. The van der Waals surface area contributed by atoms with E-state index in [1.807, 2.05) is 0 Å². The molecule has 0 unspecified atom stereocenters. The molecule has 0 aliphatic heterocycles. The van der Waals surface area contributed by atoms with Crippen LogP contribution in [0.3, 0.4) is 0 Å². The summed E-state index contributed by atoms with van der Waals surface area (Å²) in [5.41, 5.74) is 2.83. The highest BCUT2D eigenvalue weighted by atomic mass is 35.5. The van der Waals surface area contributed by atoms with Crippen molar-refractivity contribution in [2.45, 2.75) is 6.18 Å². The summed E-state index contributed by atoms with van der Waals surface area (Å²) in [6.07, 6.45) is -4.69. The van der Waals surface area contributed by atoms with Gasteiger partial charge in [0.1, 0.15) is 0 Å². The molecule has 2 N–H and O–H groups in total. The summed E-state index contributed by atoms with van der Waals surface area (Å²) in [4.78, 5) is 12.0. The molecule has 0 fully saturated rings. The van der Waals surface area contributed by atoms with Crippen molar-refractivity contribution >= 4 is 34.8 Å². The first-order chi connectivity index (χ1) is 11.2. The summed E-state index contributed by atoms with van der Waals surface area (Å²) in [6.45, 7) is 0. The number of nitrogens with one attached hydrogen (secondary N) is 2. The number of hydrogen-bond donors (Lipinski definition) is 2. The smallest absolute Gasteiger partial charge is 0.298 e. The Hall–Kier alpha value is -2.43. The SMILES string of the molecule is N#Cc1ccc(NNC(=O)c2ccc(Cl)c(Cl)c2)c(C(F)(F)F)c1. The number of carbonyl (C=O) groups excluding carboxylic acids is 1. The number of hydrogen-bond acceptors (Lipinski definition) is 3. The van der Waals surface area contributed by atoms with E-state index < -0.39 is 23.3 Å². The minimum Gasteiger partial charge on any atom is -0.298 e. The Kier molecular flexibility index (Phi) is 5.22. The minimum absolute atomic E-state index is 0.110. The molecule has 0 bridgehead atoms. The molecular formula is C15H8Cl2F3N3O. The molecule has 0 aliphatic rings. The number of amides is 1. The van der Waals surface area contributed by atoms with Crippen LogP contribution in [-0.4, -0.2) is 5.91 Å². The highest BCUT2D eigenvalue weighted by Crippen LogP contribution is 2.35. The fraction of sp³-hybridized carbons (Fsp3) is 0.0667. The summed E-state index contributed by atoms with van der Waals surface area (Å²) >= 11 is 11.5. The van der Waals surface area contributed by atoms with E-state index in [2.05, 4.69) is 10.9 Å². The number of nitriles is 1. The van der Waals surface area contributed by atoms with Gasteiger partial charge in [-0.25, -0.2) is 0 Å². The fourth-order valence-corrected chi connectivity index (χ4v) is 2.09. The summed E-state index contributed by atoms with van der Waals surface area (Å²) in [5, 5.41) is 9.08. The van der Waals surface area contributed by atoms with Crippen molar-refractivity contribution in [3.05, 3.63) is 63.1 Å². The molecule has 0 heterocycles. The van der Waals surface area contributed by atoms with Crippen molar-refractivity contribution in [1.29, 1.82) is 5.26 Å². The van der Waals surface area contributed by atoms with Gasteiger partial charge in [0.25, 0.3) is 5.91 Å². The normalized spacial score (nSPS) is 10.8. The molecule has 124 valence electrons. The average Bonchev–Trinajstić information content (AvgIpc) is 2.54. The first-order valence-corrected chi connectivity index (χ1v) is 7.10. The molecule has 9 heteroatoms. The van der Waals surface area contributed by atoms with Crippen molar-refractivity contribution in [3.63, 3.8) is 0 Å². The number of benzene rings is 2. The molecule has 0 saturated heterocycles. The van der Waals surface area contributed by atoms with Gasteiger partial charge in [-0.3, -0.25) is 15.6 Å². The van der Waals surface area contributed by atoms with Crippen LogP contribution in [0.5, 0.6) is 0 Å². The summed E-state index contributed by atoms with van der Waals surface area (Å²) < 4.78 is 39.0. The Balaban J connectivity index is 2.21. The molecule has 0 atom stereocenters. The van der Waals surface area contributed by atoms with Gasteiger partial charge < -0.3 is 0 Å². The van der Waals surface area contributed by atoms with E-state index in [1.165, 1.54) is 24.3 Å². The van der Waals surface area contributed by atoms with E-state index >= 15 is 0 Å². The second kappa shape index (κ2) is 6.99. The van der Waals surface area contributed by atoms with E-state index in [-0.39, 0.29) is 21.2 Å². The number of alkyl halides is 3. The Labute approximate surface area is 144 Å². The van der Waals surface area contributed by atoms with Crippen LogP contribution in [0.4, 0.5) is 18.9 Å². The zero-order chi connectivity index (χ0) is 17.9. The van der Waals surface area contributed by atoms with Crippen LogP contribution in [0.2, 0.25) is 10.0 Å². The van der Waals surface area contributed by atoms with Crippen molar-refractivity contribution in [3.8, 4) is 6.07 Å². The van der Waals surface area contributed by atoms with Gasteiger partial charge in [0.05, 0.1) is 32.9 Å². The van der Waals surface area contributed by atoms with Crippen LogP contribution in [0.1, 0.15) is 21.5 Å². The van der Waals surface area contributed by atoms with Crippen molar-refractivity contribution in [2.24, 2.45) is 0 Å². The van der Waals surface area contributed by atoms with Crippen LogP contribution in [0, 0.1) is 11.3 Å². The van der Waals surface area contributed by atoms with Gasteiger partial charge >= 0.3 is 6.18 Å². The standard InChI is InChI=1S/C15H8Cl2F3N3O/c16-11-3-2-9(6-12(11)17)14(24)23-22-13-4-1-8(7-21)5-10(13)15(18,19)20/h1-6,22H,(H,23,24). The third-order valence-corrected chi connectivity index (χ3v) is 3.69. The van der Waals surface area contributed by atoms with Gasteiger partial charge in [-0.1, -0.05) is 23.2 Å². The molecule has 0 radical (unpaired) electrons. The summed E-state index contributed by atoms with van der Waals surface area (Å²) in [6, 6.07) is 8.61. The number of halogens is 5. The number of hydrazine groups is 1. The Morgan fingerprint density at radius 1 is 1.08 bits per heavy atom. The maximum atomic E-state index is 13.0. The van der Waals surface area contributed by atoms with Crippen molar-refractivity contribution < 1.29 is 18.0 Å². The molecule has 2 aromatic rings. The zero-order valence-electron chi connectivity index (χ0n) is 11.7. The topological polar surface area (TPSA) is 64.9 Å². The maximum absolute atomic E-state index is 13.0. The van der Waals surface area contributed by atoms with E-state index in [1.54, 1.807) is 6.07 Å². The van der Waals surface area contributed by atoms with Gasteiger partial charge in [0, 0.05) is 5.56 Å². The first kappa shape index (κ1) is 17.9. The zero-order valence-corrected chi connectivity index (χ0v) is 13.2. The fourth-order valence-electron chi connectivity index (χ4n) is 1.79. The van der Waals surface area contributed by atoms with E-state index in [0.29, 0.717) is 6.07 Å². The molecule has 0 spiro atoms. The molecular weight excluding hydrogens is 366 g/mol. The first-order valence-electron chi connectivity index (χ1n) is 6.35. The Morgan fingerprint density at radius 3 is 2.38 bits per heavy atom. The Bertz CT molecular complexity index is 832. The largest absolute Gasteiger partial charge is 0.418 e. The van der Waals surface area contributed by atoms with Crippen LogP contribution in [-0.2, 0) is 6.18 Å². The lowest BCUT2D eigenvalue weighted by atomic mass is 10.1. The molecule has 1 amide bonds. The van der Waals surface area contributed by atoms with Crippen LogP contribution >= 0.6 is 23.2 Å². The number of carbonyl (C=O) groups is 1. The van der Waals surface area contributed by atoms with Gasteiger partial charge in [-0.15, -0.1) is 0 Å². The molecule has 4 nitrogen and oxygen atoms in total. The monoisotopic (exact) mass is 373 g/mol. The van der Waals surface area contributed by atoms with Crippen molar-refractivity contribution in [1.82, 2.24) is 5.43 Å². The second-order valence-electron chi connectivity index (χ2n) is 4.58. The lowest BCUT2D eigenvalue weighted by molar-refractivity contribution is -0.137. The van der Waals surface area contributed by atoms with Gasteiger partial charge in [0.15, 0.2) is 0 Å². The molecule has 0 aromatic heterocycles. The maximum Gasteiger partial charge on any atom is 0.418 e. The molecule has 2 aromatic carbocycles. The summed E-state index contributed by atoms with van der Waals surface area (Å²) in [7, 11) is 0. The number of anilines is 1. The molecule has 2 rings (SSSR count). The van der Waals surface area contributed by atoms with Gasteiger partial charge in [0.2, 0.25) is 0 Å². The average molecular weight is 374 g/mol. The quantitative estimate of drug-likeness (QED) is 0.770. The van der Waals surface area contributed by atoms with Crippen LogP contribution in [0.25, 0.3) is 0 Å². The molecule has 0 saturated carbocycles. The third kappa shape index (κ3) is 4.10. The van der Waals surface area contributed by atoms with Crippen molar-refractivity contribution in [2.75, 3.05) is 5.43 Å². The van der Waals surface area contributed by atoms with Crippen LogP contribution < -0.4 is 10.9 Å². The van der Waals surface area contributed by atoms with Gasteiger partial charge in [-0.05, 0) is 36.4 Å². The van der Waals surface area contributed by atoms with E-state index in [0.717, 1.165) is 6.07 Å². The minimum atomic E-state index is -4.69. The second-order valence-corrected chi connectivity index (χ2v) is 5.39. The highest BCUT2D eigenvalue weighted by Gasteiger charge is 2.34. The third-order valence-electron chi connectivity index (χ3n) is 2.95. The molecule has 24 heavy (non-hydrogen) atoms. The Morgan fingerprint density at radius 2 is 1.79 bits per heavy atom. The van der Waals surface area contributed by atoms with Crippen LogP contribution in [0.15, 0.2) is 36.4 Å². The highest BCUT2D eigenvalue weighted by molar-refractivity contribution is 6.42. The predicted molar refractivity (Wildman–Crippen MR) is 83.7 cm³/mol. The number of rotatable bonds is 3. The lowest BCUT2D eigenvalue weighted by Gasteiger charge is -2.15. The van der Waals surface area contributed by atoms with Gasteiger partial charge in [-0.2, -0.15) is 18.4 Å².